The first-order valence-corrected chi connectivity index (χ1v) is 14.1. The van der Waals surface area contributed by atoms with E-state index in [2.05, 4.69) is 43.1 Å². The van der Waals surface area contributed by atoms with Crippen LogP contribution in [0.5, 0.6) is 0 Å². The summed E-state index contributed by atoms with van der Waals surface area (Å²) < 4.78 is 0. The molecular formula is C33H32ClN3O2. The highest BCUT2D eigenvalue weighted by Crippen LogP contribution is 2.52. The topological polar surface area (TPSA) is 66.1 Å². The maximum atomic E-state index is 13.3. The zero-order chi connectivity index (χ0) is 27.1. The minimum absolute atomic E-state index is 0.0107. The molecule has 3 aromatic carbocycles. The maximum absolute atomic E-state index is 13.3. The highest BCUT2D eigenvalue weighted by Gasteiger charge is 2.49. The van der Waals surface area contributed by atoms with E-state index in [1.54, 1.807) is 4.90 Å². The number of carbonyl (C=O) groups excluding carboxylic acids is 1. The number of aromatic nitrogens is 2. The fourth-order valence-electron chi connectivity index (χ4n) is 5.66. The molecule has 5 nitrogen and oxygen atoms in total. The number of aromatic amines is 1. The molecule has 1 N–H and O–H groups in total. The van der Waals surface area contributed by atoms with E-state index in [0.29, 0.717) is 36.0 Å². The predicted molar refractivity (Wildman–Crippen MR) is 155 cm³/mol. The molecule has 198 valence electrons. The quantitative estimate of drug-likeness (QED) is 0.308. The number of hydrogen-bond donors (Lipinski definition) is 1. The van der Waals surface area contributed by atoms with Gasteiger partial charge >= 0.3 is 0 Å². The molecule has 0 atom stereocenters. The van der Waals surface area contributed by atoms with E-state index in [1.165, 1.54) is 11.1 Å². The van der Waals surface area contributed by atoms with Gasteiger partial charge in [0, 0.05) is 18.0 Å². The second kappa shape index (κ2) is 10.1. The van der Waals surface area contributed by atoms with E-state index in [1.807, 2.05) is 48.5 Å². The Kier molecular flexibility index (Phi) is 6.64. The number of benzene rings is 3. The summed E-state index contributed by atoms with van der Waals surface area (Å²) in [5, 5.41) is 0.680. The molecule has 39 heavy (non-hydrogen) atoms. The minimum Gasteiger partial charge on any atom is -0.337 e. The number of nitrogens with zero attached hydrogens (tertiary/aromatic N) is 2. The Morgan fingerprint density at radius 1 is 1.03 bits per heavy atom. The van der Waals surface area contributed by atoms with Crippen molar-refractivity contribution in [2.45, 2.75) is 57.4 Å². The first-order chi connectivity index (χ1) is 18.8. The van der Waals surface area contributed by atoms with Crippen LogP contribution in [-0.2, 0) is 29.6 Å². The Labute approximate surface area is 233 Å². The number of fused-ring (bicyclic) bond motifs is 1. The van der Waals surface area contributed by atoms with Gasteiger partial charge in [-0.3, -0.25) is 9.59 Å². The molecule has 2 aliphatic rings. The number of hydrogen-bond acceptors (Lipinski definition) is 3. The fourth-order valence-corrected chi connectivity index (χ4v) is 5.85. The van der Waals surface area contributed by atoms with Crippen LogP contribution < -0.4 is 5.56 Å². The van der Waals surface area contributed by atoms with Crippen molar-refractivity contribution in [2.24, 2.45) is 0 Å². The molecule has 1 aliphatic heterocycles. The standard InChI is InChI=1S/C33H32ClN3O2/c1-21(2)23-7-4-10-26(18-23)33(13-14-33)32-35-29-12-15-37(20-28(29)31(39)36-32)30(38)17-22-6-3-8-24(16-22)25-9-5-11-27(34)19-25/h3-11,16,18-19,21H,12-15,17,20H2,1-2H3,(H,35,36,39). The van der Waals surface area contributed by atoms with Crippen LogP contribution in [0.2, 0.25) is 5.02 Å². The lowest BCUT2D eigenvalue weighted by molar-refractivity contribution is -0.131. The molecule has 6 rings (SSSR count). The van der Waals surface area contributed by atoms with Crippen LogP contribution in [0.3, 0.4) is 0 Å². The van der Waals surface area contributed by atoms with Crippen LogP contribution in [0.1, 0.15) is 66.4 Å². The Hall–Kier alpha value is -3.70. The average Bonchev–Trinajstić information content (AvgIpc) is 3.75. The van der Waals surface area contributed by atoms with Crippen molar-refractivity contribution in [2.75, 3.05) is 6.54 Å². The van der Waals surface area contributed by atoms with E-state index in [-0.39, 0.29) is 23.3 Å². The smallest absolute Gasteiger partial charge is 0.256 e. The Bertz CT molecular complexity index is 1620. The Morgan fingerprint density at radius 2 is 1.77 bits per heavy atom. The summed E-state index contributed by atoms with van der Waals surface area (Å²) in [4.78, 5) is 36.4. The number of halogens is 1. The van der Waals surface area contributed by atoms with E-state index < -0.39 is 0 Å². The van der Waals surface area contributed by atoms with Gasteiger partial charge in [-0.2, -0.15) is 0 Å². The first-order valence-electron chi connectivity index (χ1n) is 13.7. The summed E-state index contributed by atoms with van der Waals surface area (Å²) in [6.45, 7) is 5.24. The van der Waals surface area contributed by atoms with Gasteiger partial charge in [0.1, 0.15) is 5.82 Å². The number of carbonyl (C=O) groups is 1. The highest BCUT2D eigenvalue weighted by atomic mass is 35.5. The van der Waals surface area contributed by atoms with Crippen LogP contribution in [-0.4, -0.2) is 27.3 Å². The average molecular weight is 538 g/mol. The van der Waals surface area contributed by atoms with Crippen molar-refractivity contribution in [3.63, 3.8) is 0 Å². The third-order valence-electron chi connectivity index (χ3n) is 8.17. The predicted octanol–water partition coefficient (Wildman–Crippen LogP) is 6.42. The van der Waals surface area contributed by atoms with Crippen LogP contribution in [0.25, 0.3) is 11.1 Å². The highest BCUT2D eigenvalue weighted by molar-refractivity contribution is 6.30. The first kappa shape index (κ1) is 25.6. The molecule has 0 bridgehead atoms. The summed E-state index contributed by atoms with van der Waals surface area (Å²) in [6, 6.07) is 24.4. The van der Waals surface area contributed by atoms with E-state index in [0.717, 1.165) is 41.1 Å². The molecule has 1 aromatic heterocycles. The number of rotatable bonds is 6. The molecule has 0 radical (unpaired) electrons. The lowest BCUT2D eigenvalue weighted by atomic mass is 9.90. The van der Waals surface area contributed by atoms with Crippen molar-refractivity contribution < 1.29 is 4.79 Å². The van der Waals surface area contributed by atoms with Gasteiger partial charge in [0.2, 0.25) is 5.91 Å². The monoisotopic (exact) mass is 537 g/mol. The lowest BCUT2D eigenvalue weighted by Crippen LogP contribution is -2.41. The van der Waals surface area contributed by atoms with Crippen molar-refractivity contribution in [3.05, 3.63) is 122 Å². The lowest BCUT2D eigenvalue weighted by Gasteiger charge is -2.29. The van der Waals surface area contributed by atoms with E-state index in [9.17, 15) is 9.59 Å². The van der Waals surface area contributed by atoms with E-state index in [4.69, 9.17) is 16.6 Å². The molecule has 0 saturated heterocycles. The second-order valence-electron chi connectivity index (χ2n) is 11.2. The third-order valence-corrected chi connectivity index (χ3v) is 8.41. The van der Waals surface area contributed by atoms with Gasteiger partial charge in [0.25, 0.3) is 5.56 Å². The SMILES string of the molecule is CC(C)c1cccc(C2(c3nc4c(c(=O)[nH]3)CN(C(=O)Cc3cccc(-c5cccc(Cl)c5)c3)CC4)CC2)c1. The summed E-state index contributed by atoms with van der Waals surface area (Å²) >= 11 is 6.17. The van der Waals surface area contributed by atoms with Gasteiger partial charge in [-0.1, -0.05) is 86.1 Å². The van der Waals surface area contributed by atoms with E-state index >= 15 is 0 Å². The van der Waals surface area contributed by atoms with Gasteiger partial charge in [0.15, 0.2) is 0 Å². The molecule has 2 heterocycles. The van der Waals surface area contributed by atoms with Gasteiger partial charge in [-0.25, -0.2) is 4.98 Å². The Morgan fingerprint density at radius 3 is 2.51 bits per heavy atom. The van der Waals surface area contributed by atoms with Crippen LogP contribution in [0.15, 0.2) is 77.6 Å². The second-order valence-corrected chi connectivity index (χ2v) is 11.6. The number of nitrogens with one attached hydrogen (secondary N) is 1. The summed E-state index contributed by atoms with van der Waals surface area (Å²) in [5.41, 5.74) is 6.60. The summed E-state index contributed by atoms with van der Waals surface area (Å²) in [6.07, 6.45) is 2.83. The third kappa shape index (κ3) is 5.04. The minimum atomic E-state index is -0.208. The molecule has 0 spiro atoms. The number of H-pyrrole nitrogens is 1. The molecule has 1 saturated carbocycles. The zero-order valence-corrected chi connectivity index (χ0v) is 23.1. The molecular weight excluding hydrogens is 506 g/mol. The van der Waals surface area contributed by atoms with Gasteiger partial charge in [-0.15, -0.1) is 0 Å². The summed E-state index contributed by atoms with van der Waals surface area (Å²) in [7, 11) is 0. The number of amides is 1. The van der Waals surface area contributed by atoms with Gasteiger partial charge in [0.05, 0.1) is 29.6 Å². The van der Waals surface area contributed by atoms with Crippen molar-refractivity contribution in [1.82, 2.24) is 14.9 Å². The van der Waals surface area contributed by atoms with Crippen molar-refractivity contribution >= 4 is 17.5 Å². The largest absolute Gasteiger partial charge is 0.337 e. The normalized spacial score (nSPS) is 15.7. The molecule has 6 heteroatoms. The molecule has 1 amide bonds. The molecule has 1 fully saturated rings. The Balaban J connectivity index is 1.20. The van der Waals surface area contributed by atoms with Crippen LogP contribution in [0.4, 0.5) is 0 Å². The molecule has 4 aromatic rings. The van der Waals surface area contributed by atoms with Gasteiger partial charge < -0.3 is 9.88 Å². The molecule has 0 unspecified atom stereocenters. The fraction of sp³-hybridized carbons (Fsp3) is 0.303. The van der Waals surface area contributed by atoms with Gasteiger partial charge in [-0.05, 0) is 58.7 Å². The maximum Gasteiger partial charge on any atom is 0.256 e. The van der Waals surface area contributed by atoms with Crippen molar-refractivity contribution in [3.8, 4) is 11.1 Å². The molecule has 1 aliphatic carbocycles. The van der Waals surface area contributed by atoms with Crippen LogP contribution in [0, 0.1) is 0 Å². The zero-order valence-electron chi connectivity index (χ0n) is 22.3. The van der Waals surface area contributed by atoms with Crippen molar-refractivity contribution in [1.29, 1.82) is 0 Å². The summed E-state index contributed by atoms with van der Waals surface area (Å²) in [5.74, 6) is 1.22. The van der Waals surface area contributed by atoms with Crippen LogP contribution >= 0.6 is 11.6 Å².